The SMILES string of the molecule is CCO[C@@H](CC(=O)[O-])c1ccc(O[C@@H]2CCc3c(-c4cccnc4C(F)(F)F)cccc32)cc1.[Na+]. The first kappa shape index (κ1) is 27.2. The van der Waals surface area contributed by atoms with Gasteiger partial charge in [0.25, 0.3) is 0 Å². The smallest absolute Gasteiger partial charge is 0.550 e. The van der Waals surface area contributed by atoms with E-state index in [9.17, 15) is 23.1 Å². The van der Waals surface area contributed by atoms with E-state index in [4.69, 9.17) is 9.47 Å². The van der Waals surface area contributed by atoms with E-state index in [1.54, 1.807) is 43.3 Å². The Morgan fingerprint density at radius 1 is 1.11 bits per heavy atom. The van der Waals surface area contributed by atoms with Crippen LogP contribution in [-0.4, -0.2) is 17.6 Å². The number of fused-ring (bicyclic) bond motifs is 1. The van der Waals surface area contributed by atoms with Crippen molar-refractivity contribution in [1.82, 2.24) is 4.98 Å². The average Bonchev–Trinajstić information content (AvgIpc) is 3.21. The molecule has 0 N–H and O–H groups in total. The number of pyridine rings is 1. The van der Waals surface area contributed by atoms with Crippen LogP contribution in [0.25, 0.3) is 11.1 Å². The van der Waals surface area contributed by atoms with Crippen molar-refractivity contribution in [2.75, 3.05) is 6.61 Å². The maximum absolute atomic E-state index is 13.5. The molecule has 1 aromatic heterocycles. The molecular weight excluding hydrogens is 470 g/mol. The van der Waals surface area contributed by atoms with Gasteiger partial charge in [0.15, 0.2) is 5.69 Å². The van der Waals surface area contributed by atoms with E-state index >= 15 is 0 Å². The van der Waals surface area contributed by atoms with Crippen LogP contribution in [0.15, 0.2) is 60.8 Å². The van der Waals surface area contributed by atoms with Gasteiger partial charge in [-0.3, -0.25) is 4.98 Å². The predicted molar refractivity (Wildman–Crippen MR) is 117 cm³/mol. The fraction of sp³-hybridized carbons (Fsp3) is 0.308. The van der Waals surface area contributed by atoms with Gasteiger partial charge < -0.3 is 19.4 Å². The second kappa shape index (κ2) is 11.6. The van der Waals surface area contributed by atoms with Crippen LogP contribution in [0.2, 0.25) is 0 Å². The molecule has 0 radical (unpaired) electrons. The van der Waals surface area contributed by atoms with E-state index in [1.807, 2.05) is 6.07 Å². The first-order valence-electron chi connectivity index (χ1n) is 11.0. The summed E-state index contributed by atoms with van der Waals surface area (Å²) >= 11 is 0. The summed E-state index contributed by atoms with van der Waals surface area (Å²) in [5.41, 5.74) is 2.05. The monoisotopic (exact) mass is 493 g/mol. The molecule has 0 unspecified atom stereocenters. The summed E-state index contributed by atoms with van der Waals surface area (Å²) in [4.78, 5) is 14.6. The number of nitrogens with zero attached hydrogens (tertiary/aromatic N) is 1. The van der Waals surface area contributed by atoms with Gasteiger partial charge in [-0.15, -0.1) is 0 Å². The molecule has 0 spiro atoms. The Morgan fingerprint density at radius 3 is 2.49 bits per heavy atom. The van der Waals surface area contributed by atoms with Crippen molar-refractivity contribution in [3.05, 3.63) is 83.2 Å². The fourth-order valence-electron chi connectivity index (χ4n) is 4.39. The molecular formula is C26H23F3NNaO4. The topological polar surface area (TPSA) is 71.5 Å². The number of aromatic nitrogens is 1. The Hall–Kier alpha value is -2.39. The summed E-state index contributed by atoms with van der Waals surface area (Å²) in [6, 6.07) is 15.2. The molecule has 0 saturated carbocycles. The third-order valence-corrected chi connectivity index (χ3v) is 5.83. The summed E-state index contributed by atoms with van der Waals surface area (Å²) < 4.78 is 52.2. The second-order valence-electron chi connectivity index (χ2n) is 8.01. The van der Waals surface area contributed by atoms with E-state index in [1.165, 1.54) is 12.1 Å². The van der Waals surface area contributed by atoms with Crippen LogP contribution in [-0.2, 0) is 22.1 Å². The van der Waals surface area contributed by atoms with Crippen molar-refractivity contribution in [3.63, 3.8) is 0 Å². The van der Waals surface area contributed by atoms with Crippen LogP contribution in [0, 0.1) is 0 Å². The molecule has 0 bridgehead atoms. The van der Waals surface area contributed by atoms with Crippen LogP contribution in [0.4, 0.5) is 13.2 Å². The summed E-state index contributed by atoms with van der Waals surface area (Å²) in [5, 5.41) is 11.0. The normalized spacial score (nSPS) is 15.7. The molecule has 1 aliphatic rings. The zero-order chi connectivity index (χ0) is 24.3. The molecule has 178 valence electrons. The minimum atomic E-state index is -4.55. The zero-order valence-electron chi connectivity index (χ0n) is 19.5. The molecule has 0 aliphatic heterocycles. The van der Waals surface area contributed by atoms with Crippen LogP contribution < -0.4 is 39.4 Å². The first-order valence-corrected chi connectivity index (χ1v) is 11.0. The van der Waals surface area contributed by atoms with Gasteiger partial charge in [-0.2, -0.15) is 13.2 Å². The number of rotatable bonds is 8. The van der Waals surface area contributed by atoms with Crippen LogP contribution >= 0.6 is 0 Å². The number of alkyl halides is 3. The number of carbonyl (C=O) groups is 1. The van der Waals surface area contributed by atoms with Crippen molar-refractivity contribution in [2.24, 2.45) is 0 Å². The van der Waals surface area contributed by atoms with Gasteiger partial charge in [0, 0.05) is 30.8 Å². The first-order chi connectivity index (χ1) is 16.3. The molecule has 35 heavy (non-hydrogen) atoms. The number of aliphatic carboxylic acids is 1. The maximum atomic E-state index is 13.5. The number of carboxylic acids is 1. The van der Waals surface area contributed by atoms with Gasteiger partial charge in [-0.25, -0.2) is 0 Å². The second-order valence-corrected chi connectivity index (χ2v) is 8.01. The summed E-state index contributed by atoms with van der Waals surface area (Å²) in [6.45, 7) is 2.15. The van der Waals surface area contributed by atoms with Gasteiger partial charge >= 0.3 is 35.7 Å². The van der Waals surface area contributed by atoms with Gasteiger partial charge in [-0.1, -0.05) is 36.4 Å². The van der Waals surface area contributed by atoms with Gasteiger partial charge in [0.1, 0.15) is 11.9 Å². The minimum absolute atomic E-state index is 0. The average molecular weight is 493 g/mol. The van der Waals surface area contributed by atoms with Gasteiger partial charge in [-0.05, 0) is 60.2 Å². The number of hydrogen-bond donors (Lipinski definition) is 0. The van der Waals surface area contributed by atoms with E-state index < -0.39 is 23.9 Å². The minimum Gasteiger partial charge on any atom is -0.550 e. The summed E-state index contributed by atoms with van der Waals surface area (Å²) in [7, 11) is 0. The Balaban J connectivity index is 0.00000342. The van der Waals surface area contributed by atoms with Crippen LogP contribution in [0.5, 0.6) is 5.75 Å². The van der Waals surface area contributed by atoms with Crippen molar-refractivity contribution in [3.8, 4) is 16.9 Å². The van der Waals surface area contributed by atoms with E-state index in [0.29, 0.717) is 36.3 Å². The predicted octanol–water partition coefficient (Wildman–Crippen LogP) is 2.06. The van der Waals surface area contributed by atoms with E-state index in [0.717, 1.165) is 17.3 Å². The molecule has 1 heterocycles. The molecule has 3 aromatic rings. The zero-order valence-corrected chi connectivity index (χ0v) is 21.5. The molecule has 2 atom stereocenters. The van der Waals surface area contributed by atoms with Crippen molar-refractivity contribution < 1.29 is 62.1 Å². The van der Waals surface area contributed by atoms with Gasteiger partial charge in [0.05, 0.1) is 6.10 Å². The van der Waals surface area contributed by atoms with Crippen molar-refractivity contribution in [2.45, 2.75) is 44.6 Å². The van der Waals surface area contributed by atoms with Gasteiger partial charge in [0.2, 0.25) is 0 Å². The molecule has 0 amide bonds. The van der Waals surface area contributed by atoms with Crippen molar-refractivity contribution >= 4 is 5.97 Å². The molecule has 0 saturated heterocycles. The molecule has 0 fully saturated rings. The number of hydrogen-bond acceptors (Lipinski definition) is 5. The molecule has 4 rings (SSSR count). The Kier molecular flexibility index (Phi) is 8.99. The van der Waals surface area contributed by atoms with Crippen LogP contribution in [0.1, 0.15) is 54.4 Å². The molecule has 2 aromatic carbocycles. The Labute approximate surface area is 223 Å². The van der Waals surface area contributed by atoms with E-state index in [2.05, 4.69) is 4.98 Å². The number of ether oxygens (including phenoxy) is 2. The maximum Gasteiger partial charge on any atom is 1.00 e. The third kappa shape index (κ3) is 6.25. The summed E-state index contributed by atoms with van der Waals surface area (Å²) in [5.74, 6) is -0.618. The standard InChI is InChI=1S/C26H24F3NO4.Na/c1-2-33-23(15-24(31)32)16-8-10-17(11-9-16)34-22-13-12-19-18(5-3-6-20(19)22)21-7-4-14-30-25(21)26(27,28)29;/h3-11,14,22-23H,2,12-13,15H2,1H3,(H,31,32);/q;+1/p-1/t22-,23+;/m1./s1. The third-order valence-electron chi connectivity index (χ3n) is 5.83. The molecule has 1 aliphatic carbocycles. The number of halogens is 3. The van der Waals surface area contributed by atoms with E-state index in [-0.39, 0.29) is 47.6 Å². The number of benzene rings is 2. The number of carbonyl (C=O) groups excluding carboxylic acids is 1. The van der Waals surface area contributed by atoms with Crippen LogP contribution in [0.3, 0.4) is 0 Å². The largest absolute Gasteiger partial charge is 1.00 e. The number of carboxylic acid groups (broad SMARTS) is 1. The summed E-state index contributed by atoms with van der Waals surface area (Å²) in [6.07, 6.45) is -3.36. The van der Waals surface area contributed by atoms with Crippen molar-refractivity contribution in [1.29, 1.82) is 0 Å². The Bertz CT molecular complexity index is 1170. The fourth-order valence-corrected chi connectivity index (χ4v) is 4.39. The Morgan fingerprint density at radius 2 is 1.83 bits per heavy atom. The molecule has 9 heteroatoms. The quantitative estimate of drug-likeness (QED) is 0.450. The molecule has 5 nitrogen and oxygen atoms in total.